The zero-order valence-corrected chi connectivity index (χ0v) is 16.8. The van der Waals surface area contributed by atoms with Crippen LogP contribution in [0.2, 0.25) is 5.02 Å². The average molecular weight is 428 g/mol. The number of nitrogens with one attached hydrogen (secondary N) is 3. The Labute approximate surface area is 178 Å². The van der Waals surface area contributed by atoms with E-state index in [1.807, 2.05) is 36.4 Å². The van der Waals surface area contributed by atoms with Gasteiger partial charge in [-0.1, -0.05) is 60.1 Å². The van der Waals surface area contributed by atoms with Gasteiger partial charge in [-0.3, -0.25) is 20.4 Å². The number of fused-ring (bicyclic) bond motifs is 1. The zero-order valence-electron chi connectivity index (χ0n) is 15.3. The Hall–Kier alpha value is -3.16. The lowest BCUT2D eigenvalue weighted by Crippen LogP contribution is -2.49. The molecule has 0 atom stereocenters. The van der Waals surface area contributed by atoms with Crippen molar-refractivity contribution in [2.24, 2.45) is 0 Å². The molecule has 0 saturated heterocycles. The molecule has 3 N–H and O–H groups in total. The predicted octanol–water partition coefficient (Wildman–Crippen LogP) is 3.14. The molecule has 2 amide bonds. The van der Waals surface area contributed by atoms with Gasteiger partial charge >= 0.3 is 0 Å². The van der Waals surface area contributed by atoms with E-state index < -0.39 is 5.91 Å². The molecule has 0 saturated carbocycles. The first-order valence-electron chi connectivity index (χ1n) is 8.75. The monoisotopic (exact) mass is 427 g/mol. The Balaban J connectivity index is 1.42. The van der Waals surface area contributed by atoms with Gasteiger partial charge in [0.15, 0.2) is 11.7 Å². The molecule has 0 spiro atoms. The van der Waals surface area contributed by atoms with Gasteiger partial charge in [0.1, 0.15) is 5.75 Å². The summed E-state index contributed by atoms with van der Waals surface area (Å²) in [7, 11) is 0. The molecule has 6 nitrogen and oxygen atoms in total. The van der Waals surface area contributed by atoms with Gasteiger partial charge < -0.3 is 10.1 Å². The third-order valence-corrected chi connectivity index (χ3v) is 4.41. The standard InChI is InChI=1S/C21H18ClN3O3S/c22-16-10-8-14(9-11-16)12-19(26)23-21(29)25-24-20(27)13-28-18-7-3-5-15-4-1-2-6-17(15)18/h1-11H,12-13H2,(H,24,27)(H2,23,25,26,29). The lowest BCUT2D eigenvalue weighted by Gasteiger charge is -2.12. The second-order valence-electron chi connectivity index (χ2n) is 6.12. The van der Waals surface area contributed by atoms with E-state index in [4.69, 9.17) is 28.6 Å². The minimum Gasteiger partial charge on any atom is -0.483 e. The van der Waals surface area contributed by atoms with Crippen molar-refractivity contribution in [2.75, 3.05) is 6.61 Å². The average Bonchev–Trinajstić information content (AvgIpc) is 2.72. The van der Waals surface area contributed by atoms with Gasteiger partial charge in [0.05, 0.1) is 6.42 Å². The van der Waals surface area contributed by atoms with Crippen LogP contribution in [0, 0.1) is 0 Å². The lowest BCUT2D eigenvalue weighted by molar-refractivity contribution is -0.124. The minimum atomic E-state index is -0.438. The molecule has 0 aliphatic heterocycles. The van der Waals surface area contributed by atoms with E-state index in [0.29, 0.717) is 10.8 Å². The molecule has 8 heteroatoms. The summed E-state index contributed by atoms with van der Waals surface area (Å²) in [5.41, 5.74) is 5.66. The van der Waals surface area contributed by atoms with Gasteiger partial charge in [0, 0.05) is 10.4 Å². The van der Waals surface area contributed by atoms with Crippen molar-refractivity contribution in [2.45, 2.75) is 6.42 Å². The van der Waals surface area contributed by atoms with Crippen molar-refractivity contribution in [3.05, 3.63) is 77.3 Å². The fraction of sp³-hybridized carbons (Fsp3) is 0.0952. The molecule has 29 heavy (non-hydrogen) atoms. The lowest BCUT2D eigenvalue weighted by atomic mass is 10.1. The maximum Gasteiger partial charge on any atom is 0.276 e. The molecule has 3 aromatic rings. The van der Waals surface area contributed by atoms with E-state index in [9.17, 15) is 9.59 Å². The Morgan fingerprint density at radius 1 is 0.897 bits per heavy atom. The number of carbonyl (C=O) groups excluding carboxylic acids is 2. The third kappa shape index (κ3) is 6.17. The molecular formula is C21H18ClN3O3S. The molecule has 0 unspecified atom stereocenters. The molecular weight excluding hydrogens is 410 g/mol. The van der Waals surface area contributed by atoms with Gasteiger partial charge in [0.2, 0.25) is 5.91 Å². The summed E-state index contributed by atoms with van der Waals surface area (Å²) in [6.45, 7) is -0.206. The smallest absolute Gasteiger partial charge is 0.276 e. The Kier molecular flexibility index (Phi) is 6.99. The number of hydrogen-bond acceptors (Lipinski definition) is 4. The highest BCUT2D eigenvalue weighted by molar-refractivity contribution is 7.80. The summed E-state index contributed by atoms with van der Waals surface area (Å²) in [5.74, 6) is -0.143. The number of hydrazine groups is 1. The van der Waals surface area contributed by atoms with E-state index in [1.54, 1.807) is 30.3 Å². The summed E-state index contributed by atoms with van der Waals surface area (Å²) in [5, 5.41) is 5.01. The number of halogens is 1. The fourth-order valence-electron chi connectivity index (χ4n) is 2.62. The summed E-state index contributed by atoms with van der Waals surface area (Å²) >= 11 is 10.8. The molecule has 0 aliphatic carbocycles. The van der Waals surface area contributed by atoms with Crippen LogP contribution < -0.4 is 20.9 Å². The number of ether oxygens (including phenoxy) is 1. The van der Waals surface area contributed by atoms with Crippen LogP contribution >= 0.6 is 23.8 Å². The number of hydrogen-bond donors (Lipinski definition) is 3. The van der Waals surface area contributed by atoms with Crippen molar-refractivity contribution in [1.82, 2.24) is 16.2 Å². The first-order chi connectivity index (χ1) is 14.0. The van der Waals surface area contributed by atoms with Crippen molar-refractivity contribution in [3.63, 3.8) is 0 Å². The number of rotatable bonds is 5. The highest BCUT2D eigenvalue weighted by Gasteiger charge is 2.09. The van der Waals surface area contributed by atoms with Gasteiger partial charge in [-0.2, -0.15) is 0 Å². The molecule has 148 valence electrons. The van der Waals surface area contributed by atoms with Crippen molar-refractivity contribution < 1.29 is 14.3 Å². The second kappa shape index (κ2) is 9.86. The minimum absolute atomic E-state index is 0.0116. The van der Waals surface area contributed by atoms with Crippen LogP contribution in [0.3, 0.4) is 0 Å². The van der Waals surface area contributed by atoms with Gasteiger partial charge in [-0.05, 0) is 41.4 Å². The summed E-state index contributed by atoms with van der Waals surface area (Å²) in [4.78, 5) is 24.0. The Bertz CT molecular complexity index is 1040. The molecule has 0 fully saturated rings. The third-order valence-electron chi connectivity index (χ3n) is 3.95. The van der Waals surface area contributed by atoms with Gasteiger partial charge in [0.25, 0.3) is 5.91 Å². The molecule has 3 aromatic carbocycles. The molecule has 3 rings (SSSR count). The maximum absolute atomic E-state index is 12.0. The second-order valence-corrected chi connectivity index (χ2v) is 6.96. The van der Waals surface area contributed by atoms with Crippen LogP contribution in [-0.4, -0.2) is 23.5 Å². The van der Waals surface area contributed by atoms with Crippen LogP contribution in [0.15, 0.2) is 66.7 Å². The van der Waals surface area contributed by atoms with Crippen LogP contribution in [0.4, 0.5) is 0 Å². The van der Waals surface area contributed by atoms with Gasteiger partial charge in [-0.15, -0.1) is 0 Å². The van der Waals surface area contributed by atoms with Crippen molar-refractivity contribution in [1.29, 1.82) is 0 Å². The number of benzene rings is 3. The fourth-order valence-corrected chi connectivity index (χ4v) is 2.91. The van der Waals surface area contributed by atoms with Crippen LogP contribution in [0.5, 0.6) is 5.75 Å². The predicted molar refractivity (Wildman–Crippen MR) is 117 cm³/mol. The van der Waals surface area contributed by atoms with E-state index >= 15 is 0 Å². The van der Waals surface area contributed by atoms with E-state index in [1.165, 1.54) is 0 Å². The highest BCUT2D eigenvalue weighted by Crippen LogP contribution is 2.24. The van der Waals surface area contributed by atoms with E-state index in [-0.39, 0.29) is 24.0 Å². The molecule has 0 radical (unpaired) electrons. The van der Waals surface area contributed by atoms with E-state index in [2.05, 4.69) is 16.2 Å². The first kappa shape index (κ1) is 20.6. The van der Waals surface area contributed by atoms with Crippen molar-refractivity contribution >= 4 is 51.5 Å². The number of thiocarbonyl (C=S) groups is 1. The summed E-state index contributed by atoms with van der Waals surface area (Å²) in [6.07, 6.45) is 0.136. The molecule has 0 aromatic heterocycles. The quantitative estimate of drug-likeness (QED) is 0.430. The van der Waals surface area contributed by atoms with Crippen LogP contribution in [-0.2, 0) is 16.0 Å². The number of carbonyl (C=O) groups is 2. The number of amides is 2. The Morgan fingerprint density at radius 2 is 1.62 bits per heavy atom. The normalized spacial score (nSPS) is 10.2. The summed E-state index contributed by atoms with van der Waals surface area (Å²) in [6, 6.07) is 20.3. The Morgan fingerprint density at radius 3 is 2.41 bits per heavy atom. The van der Waals surface area contributed by atoms with Crippen LogP contribution in [0.1, 0.15) is 5.56 Å². The van der Waals surface area contributed by atoms with E-state index in [0.717, 1.165) is 16.3 Å². The molecule has 0 bridgehead atoms. The largest absolute Gasteiger partial charge is 0.483 e. The topological polar surface area (TPSA) is 79.5 Å². The van der Waals surface area contributed by atoms with Crippen molar-refractivity contribution in [3.8, 4) is 5.75 Å². The first-order valence-corrected chi connectivity index (χ1v) is 9.53. The maximum atomic E-state index is 12.0. The van der Waals surface area contributed by atoms with Crippen LogP contribution in [0.25, 0.3) is 10.8 Å². The zero-order chi connectivity index (χ0) is 20.6. The highest BCUT2D eigenvalue weighted by atomic mass is 35.5. The van der Waals surface area contributed by atoms with Gasteiger partial charge in [-0.25, -0.2) is 0 Å². The molecule has 0 aliphatic rings. The molecule has 0 heterocycles. The summed E-state index contributed by atoms with van der Waals surface area (Å²) < 4.78 is 5.59. The SMILES string of the molecule is O=C(COc1cccc2ccccc12)NNC(=S)NC(=O)Cc1ccc(Cl)cc1.